The SMILES string of the molecule is CC(C)(C)OC(=O)N1CCN(C(=O)O)[C@](C)(C(=O)O)C1. The van der Waals surface area contributed by atoms with Crippen molar-refractivity contribution in [3.05, 3.63) is 0 Å². The topological polar surface area (TPSA) is 107 Å². The highest BCUT2D eigenvalue weighted by atomic mass is 16.6. The molecule has 0 bridgehead atoms. The summed E-state index contributed by atoms with van der Waals surface area (Å²) in [5.74, 6) is -1.30. The first-order valence-corrected chi connectivity index (χ1v) is 6.19. The van der Waals surface area contributed by atoms with Crippen LogP contribution in [0, 0.1) is 0 Å². The van der Waals surface area contributed by atoms with E-state index in [-0.39, 0.29) is 19.6 Å². The van der Waals surface area contributed by atoms with Crippen LogP contribution in [0.4, 0.5) is 9.59 Å². The average molecular weight is 288 g/mol. The quantitative estimate of drug-likeness (QED) is 0.747. The van der Waals surface area contributed by atoms with Gasteiger partial charge in [-0.2, -0.15) is 0 Å². The fourth-order valence-electron chi connectivity index (χ4n) is 1.98. The molecule has 1 atom stereocenters. The zero-order chi connectivity index (χ0) is 15.7. The maximum atomic E-state index is 11.9. The molecule has 1 fully saturated rings. The van der Waals surface area contributed by atoms with Crippen molar-refractivity contribution in [3.63, 3.8) is 0 Å². The predicted molar refractivity (Wildman–Crippen MR) is 68.6 cm³/mol. The molecule has 1 rings (SSSR count). The number of piperazine rings is 1. The number of aliphatic carboxylic acids is 1. The Morgan fingerprint density at radius 2 is 1.70 bits per heavy atom. The average Bonchev–Trinajstić information content (AvgIpc) is 2.25. The zero-order valence-electron chi connectivity index (χ0n) is 12.0. The second-order valence-corrected chi connectivity index (χ2v) is 5.92. The zero-order valence-corrected chi connectivity index (χ0v) is 12.0. The van der Waals surface area contributed by atoms with Crippen LogP contribution in [0.2, 0.25) is 0 Å². The van der Waals surface area contributed by atoms with Crippen LogP contribution in [0.3, 0.4) is 0 Å². The second kappa shape index (κ2) is 5.18. The lowest BCUT2D eigenvalue weighted by Crippen LogP contribution is -2.67. The van der Waals surface area contributed by atoms with Gasteiger partial charge < -0.3 is 19.8 Å². The summed E-state index contributed by atoms with van der Waals surface area (Å²) in [6.07, 6.45) is -1.96. The van der Waals surface area contributed by atoms with Crippen LogP contribution in [-0.2, 0) is 9.53 Å². The van der Waals surface area contributed by atoms with Gasteiger partial charge in [-0.25, -0.2) is 14.4 Å². The van der Waals surface area contributed by atoms with Crippen LogP contribution in [0.5, 0.6) is 0 Å². The molecule has 0 aromatic carbocycles. The standard InChI is InChI=1S/C12H20N2O6/c1-11(2,3)20-10(19)13-5-6-14(9(17)18)12(4,7-13)8(15)16/h5-7H2,1-4H3,(H,15,16)(H,17,18)/t12-/m0/s1. The summed E-state index contributed by atoms with van der Waals surface area (Å²) in [5, 5.41) is 18.3. The van der Waals surface area contributed by atoms with Crippen molar-refractivity contribution < 1.29 is 29.3 Å². The molecule has 0 saturated carbocycles. The van der Waals surface area contributed by atoms with E-state index in [1.54, 1.807) is 20.8 Å². The van der Waals surface area contributed by atoms with E-state index in [1.807, 2.05) is 0 Å². The fraction of sp³-hybridized carbons (Fsp3) is 0.750. The first-order chi connectivity index (χ1) is 8.97. The van der Waals surface area contributed by atoms with Crippen LogP contribution < -0.4 is 0 Å². The normalized spacial score (nSPS) is 23.4. The highest BCUT2D eigenvalue weighted by molar-refractivity contribution is 5.85. The van der Waals surface area contributed by atoms with Crippen LogP contribution in [0.15, 0.2) is 0 Å². The first-order valence-electron chi connectivity index (χ1n) is 6.19. The molecule has 0 aromatic rings. The van der Waals surface area contributed by atoms with Gasteiger partial charge in [0, 0.05) is 13.1 Å². The number of hydrogen-bond acceptors (Lipinski definition) is 4. The molecule has 1 heterocycles. The van der Waals surface area contributed by atoms with Gasteiger partial charge in [0.25, 0.3) is 0 Å². The molecule has 0 aromatic heterocycles. The van der Waals surface area contributed by atoms with Gasteiger partial charge in [-0.1, -0.05) is 0 Å². The number of rotatable bonds is 1. The second-order valence-electron chi connectivity index (χ2n) is 5.92. The summed E-state index contributed by atoms with van der Waals surface area (Å²) in [6.45, 7) is 6.17. The van der Waals surface area contributed by atoms with Crippen molar-refractivity contribution in [2.24, 2.45) is 0 Å². The summed E-state index contributed by atoms with van der Waals surface area (Å²) < 4.78 is 5.17. The number of nitrogens with zero attached hydrogens (tertiary/aromatic N) is 2. The van der Waals surface area contributed by atoms with Crippen molar-refractivity contribution in [1.29, 1.82) is 0 Å². The van der Waals surface area contributed by atoms with Gasteiger partial charge in [-0.15, -0.1) is 0 Å². The number of ether oxygens (including phenoxy) is 1. The molecule has 114 valence electrons. The number of carbonyl (C=O) groups is 3. The molecule has 8 nitrogen and oxygen atoms in total. The highest BCUT2D eigenvalue weighted by Gasteiger charge is 2.48. The Labute approximate surface area is 116 Å². The molecule has 1 saturated heterocycles. The van der Waals surface area contributed by atoms with E-state index in [0.717, 1.165) is 4.90 Å². The van der Waals surface area contributed by atoms with E-state index >= 15 is 0 Å². The molecule has 0 aliphatic carbocycles. The Balaban J connectivity index is 2.90. The number of hydrogen-bond donors (Lipinski definition) is 2. The third-order valence-electron chi connectivity index (χ3n) is 3.03. The number of carboxylic acid groups (broad SMARTS) is 2. The predicted octanol–water partition coefficient (Wildman–Crippen LogP) is 1.06. The largest absolute Gasteiger partial charge is 0.479 e. The maximum absolute atomic E-state index is 11.9. The number of carboxylic acids is 1. The van der Waals surface area contributed by atoms with Gasteiger partial charge in [-0.05, 0) is 27.7 Å². The minimum Gasteiger partial charge on any atom is -0.479 e. The first kappa shape index (κ1) is 16.1. The van der Waals surface area contributed by atoms with Gasteiger partial charge in [0.1, 0.15) is 5.60 Å². The Morgan fingerprint density at radius 1 is 1.15 bits per heavy atom. The van der Waals surface area contributed by atoms with Crippen molar-refractivity contribution in [1.82, 2.24) is 9.80 Å². The van der Waals surface area contributed by atoms with E-state index in [9.17, 15) is 19.5 Å². The Morgan fingerprint density at radius 3 is 2.10 bits per heavy atom. The van der Waals surface area contributed by atoms with Crippen LogP contribution in [-0.4, -0.2) is 68.9 Å². The molecule has 2 amide bonds. The monoisotopic (exact) mass is 288 g/mol. The molecule has 2 N–H and O–H groups in total. The van der Waals surface area contributed by atoms with Gasteiger partial charge >= 0.3 is 18.2 Å². The third kappa shape index (κ3) is 3.31. The van der Waals surface area contributed by atoms with Crippen molar-refractivity contribution >= 4 is 18.2 Å². The Bertz CT molecular complexity index is 430. The van der Waals surface area contributed by atoms with Crippen molar-refractivity contribution in [2.45, 2.75) is 38.8 Å². The van der Waals surface area contributed by atoms with Crippen molar-refractivity contribution in [2.75, 3.05) is 19.6 Å². The van der Waals surface area contributed by atoms with E-state index < -0.39 is 29.3 Å². The lowest BCUT2D eigenvalue weighted by molar-refractivity contribution is -0.152. The number of carbonyl (C=O) groups excluding carboxylic acids is 1. The molecule has 0 unspecified atom stereocenters. The minimum atomic E-state index is -1.68. The molecule has 0 spiro atoms. The van der Waals surface area contributed by atoms with E-state index in [4.69, 9.17) is 9.84 Å². The van der Waals surface area contributed by atoms with Crippen LogP contribution in [0.25, 0.3) is 0 Å². The molecule has 1 aliphatic heterocycles. The molecular weight excluding hydrogens is 268 g/mol. The van der Waals surface area contributed by atoms with Gasteiger partial charge in [0.05, 0.1) is 6.54 Å². The number of amides is 2. The molecule has 1 aliphatic rings. The summed E-state index contributed by atoms with van der Waals surface area (Å²) in [7, 11) is 0. The summed E-state index contributed by atoms with van der Waals surface area (Å²) in [6, 6.07) is 0. The van der Waals surface area contributed by atoms with Crippen molar-refractivity contribution in [3.8, 4) is 0 Å². The lowest BCUT2D eigenvalue weighted by Gasteiger charge is -2.44. The molecule has 20 heavy (non-hydrogen) atoms. The highest BCUT2D eigenvalue weighted by Crippen LogP contribution is 2.23. The minimum absolute atomic E-state index is 0.0720. The molecular formula is C12H20N2O6. The fourth-order valence-corrected chi connectivity index (χ4v) is 1.98. The summed E-state index contributed by atoms with van der Waals surface area (Å²) in [5.41, 5.74) is -2.37. The Kier molecular flexibility index (Phi) is 4.16. The molecule has 8 heteroatoms. The maximum Gasteiger partial charge on any atom is 0.410 e. The summed E-state index contributed by atoms with van der Waals surface area (Å²) in [4.78, 5) is 36.5. The van der Waals surface area contributed by atoms with Gasteiger partial charge in [-0.3, -0.25) is 4.90 Å². The van der Waals surface area contributed by atoms with Gasteiger partial charge in [0.15, 0.2) is 5.54 Å². The Hall–Kier alpha value is -1.99. The van der Waals surface area contributed by atoms with Crippen LogP contribution >= 0.6 is 0 Å². The third-order valence-corrected chi connectivity index (χ3v) is 3.03. The van der Waals surface area contributed by atoms with E-state index in [1.165, 1.54) is 11.8 Å². The molecule has 0 radical (unpaired) electrons. The smallest absolute Gasteiger partial charge is 0.410 e. The summed E-state index contributed by atoms with van der Waals surface area (Å²) >= 11 is 0. The van der Waals surface area contributed by atoms with E-state index in [2.05, 4.69) is 0 Å². The lowest BCUT2D eigenvalue weighted by atomic mass is 9.97. The van der Waals surface area contributed by atoms with E-state index in [0.29, 0.717) is 0 Å². The van der Waals surface area contributed by atoms with Crippen LogP contribution in [0.1, 0.15) is 27.7 Å². The van der Waals surface area contributed by atoms with Gasteiger partial charge in [0.2, 0.25) is 0 Å².